The molecule has 0 bridgehead atoms. The number of halogens is 1. The fraction of sp³-hybridized carbons (Fsp3) is 0.0588. The van der Waals surface area contributed by atoms with Crippen molar-refractivity contribution in [3.8, 4) is 23.3 Å². The van der Waals surface area contributed by atoms with E-state index in [1.807, 2.05) is 6.07 Å². The summed E-state index contributed by atoms with van der Waals surface area (Å²) in [4.78, 5) is 12.4. The standard InChI is InChI=1S/C17H12ClNO4/c1-23-13-4-2-3-11(8-13)16(21)12(9-19)5-10-6-14(18)17(22)15(20)7-10/h2-8,20,22H,1H3/b12-5+. The monoisotopic (exact) mass is 329 g/mol. The lowest BCUT2D eigenvalue weighted by Gasteiger charge is -2.05. The molecule has 23 heavy (non-hydrogen) atoms. The zero-order chi connectivity index (χ0) is 17.0. The second kappa shape index (κ2) is 6.86. The maximum atomic E-state index is 12.4. The van der Waals surface area contributed by atoms with Gasteiger partial charge in [-0.2, -0.15) is 5.26 Å². The first-order valence-corrected chi connectivity index (χ1v) is 6.86. The normalized spacial score (nSPS) is 10.9. The predicted molar refractivity (Wildman–Crippen MR) is 85.7 cm³/mol. The number of carbonyl (C=O) groups excluding carboxylic acids is 1. The van der Waals surface area contributed by atoms with Crippen LogP contribution in [0.1, 0.15) is 15.9 Å². The van der Waals surface area contributed by atoms with E-state index in [0.717, 1.165) is 0 Å². The molecule has 0 radical (unpaired) electrons. The van der Waals surface area contributed by atoms with E-state index in [-0.39, 0.29) is 10.6 Å². The van der Waals surface area contributed by atoms with Gasteiger partial charge in [0.05, 0.1) is 12.1 Å². The van der Waals surface area contributed by atoms with Gasteiger partial charge in [0.2, 0.25) is 5.78 Å². The molecule has 0 saturated carbocycles. The Morgan fingerprint density at radius 3 is 2.65 bits per heavy atom. The number of aromatic hydroxyl groups is 2. The van der Waals surface area contributed by atoms with Gasteiger partial charge in [-0.25, -0.2) is 0 Å². The van der Waals surface area contributed by atoms with Crippen molar-refractivity contribution in [2.45, 2.75) is 0 Å². The first-order chi connectivity index (χ1) is 11.0. The van der Waals surface area contributed by atoms with Crippen LogP contribution in [0.25, 0.3) is 6.08 Å². The first kappa shape index (κ1) is 16.4. The third kappa shape index (κ3) is 3.62. The Balaban J connectivity index is 2.43. The van der Waals surface area contributed by atoms with E-state index in [4.69, 9.17) is 16.3 Å². The highest BCUT2D eigenvalue weighted by atomic mass is 35.5. The second-order valence-electron chi connectivity index (χ2n) is 4.60. The molecule has 0 saturated heterocycles. The van der Waals surface area contributed by atoms with Crippen molar-refractivity contribution in [1.82, 2.24) is 0 Å². The number of phenolic OH excluding ortho intramolecular Hbond substituents is 2. The van der Waals surface area contributed by atoms with E-state index in [2.05, 4.69) is 0 Å². The molecule has 0 unspecified atom stereocenters. The van der Waals surface area contributed by atoms with Crippen LogP contribution in [0.5, 0.6) is 17.2 Å². The molecular weight excluding hydrogens is 318 g/mol. The number of methoxy groups -OCH3 is 1. The van der Waals surface area contributed by atoms with Crippen LogP contribution >= 0.6 is 11.6 Å². The van der Waals surface area contributed by atoms with Gasteiger partial charge in [-0.05, 0) is 35.9 Å². The van der Waals surface area contributed by atoms with Crippen molar-refractivity contribution in [2.24, 2.45) is 0 Å². The minimum absolute atomic E-state index is 0.0811. The molecule has 2 aromatic rings. The highest BCUT2D eigenvalue weighted by molar-refractivity contribution is 6.32. The number of Topliss-reactive ketones (excluding diaryl/α,β-unsaturated/α-hetero) is 1. The van der Waals surface area contributed by atoms with Gasteiger partial charge >= 0.3 is 0 Å². The van der Waals surface area contributed by atoms with Crippen LogP contribution in [0.15, 0.2) is 42.0 Å². The highest BCUT2D eigenvalue weighted by Gasteiger charge is 2.14. The zero-order valence-corrected chi connectivity index (χ0v) is 12.8. The molecule has 0 aliphatic heterocycles. The van der Waals surface area contributed by atoms with Gasteiger partial charge in [0.25, 0.3) is 0 Å². The van der Waals surface area contributed by atoms with Crippen LogP contribution in [0.4, 0.5) is 0 Å². The number of ketones is 1. The Hall–Kier alpha value is -2.97. The lowest BCUT2D eigenvalue weighted by atomic mass is 10.0. The third-order valence-corrected chi connectivity index (χ3v) is 3.36. The van der Waals surface area contributed by atoms with Gasteiger partial charge in [0, 0.05) is 5.56 Å². The van der Waals surface area contributed by atoms with E-state index in [0.29, 0.717) is 16.9 Å². The van der Waals surface area contributed by atoms with Gasteiger partial charge in [0.1, 0.15) is 17.4 Å². The number of ether oxygens (including phenoxy) is 1. The number of hydrogen-bond acceptors (Lipinski definition) is 5. The van der Waals surface area contributed by atoms with Crippen LogP contribution in [-0.4, -0.2) is 23.1 Å². The smallest absolute Gasteiger partial charge is 0.203 e. The van der Waals surface area contributed by atoms with E-state index >= 15 is 0 Å². The molecule has 6 heteroatoms. The Morgan fingerprint density at radius 2 is 2.04 bits per heavy atom. The van der Waals surface area contributed by atoms with Gasteiger partial charge in [-0.1, -0.05) is 23.7 Å². The summed E-state index contributed by atoms with van der Waals surface area (Å²) < 4.78 is 5.05. The van der Waals surface area contributed by atoms with Gasteiger partial charge in [-0.3, -0.25) is 4.79 Å². The maximum Gasteiger partial charge on any atom is 0.203 e. The minimum Gasteiger partial charge on any atom is -0.504 e. The molecule has 0 fully saturated rings. The average Bonchev–Trinajstić information content (AvgIpc) is 2.56. The zero-order valence-electron chi connectivity index (χ0n) is 12.1. The molecule has 0 spiro atoms. The Labute approximate surface area is 137 Å². The highest BCUT2D eigenvalue weighted by Crippen LogP contribution is 2.34. The molecule has 2 N–H and O–H groups in total. The van der Waals surface area contributed by atoms with E-state index in [1.54, 1.807) is 18.2 Å². The maximum absolute atomic E-state index is 12.4. The second-order valence-corrected chi connectivity index (χ2v) is 5.01. The fourth-order valence-electron chi connectivity index (χ4n) is 1.92. The molecule has 0 atom stereocenters. The minimum atomic E-state index is -0.491. The predicted octanol–water partition coefficient (Wildman–Crippen LogP) is 3.55. The van der Waals surface area contributed by atoms with Crippen LogP contribution in [0.2, 0.25) is 5.02 Å². The van der Waals surface area contributed by atoms with Crippen molar-refractivity contribution in [3.63, 3.8) is 0 Å². The summed E-state index contributed by atoms with van der Waals surface area (Å²) in [5.41, 5.74) is 0.476. The largest absolute Gasteiger partial charge is 0.504 e. The topological polar surface area (TPSA) is 90.6 Å². The number of nitriles is 1. The SMILES string of the molecule is COc1cccc(C(=O)/C(C#N)=C/c2cc(O)c(O)c(Cl)c2)c1. The number of benzene rings is 2. The molecule has 116 valence electrons. The van der Waals surface area contributed by atoms with Crippen LogP contribution in [-0.2, 0) is 0 Å². The third-order valence-electron chi connectivity index (χ3n) is 3.07. The summed E-state index contributed by atoms with van der Waals surface area (Å²) in [5.74, 6) is -0.884. The molecular formula is C17H12ClNO4. The van der Waals surface area contributed by atoms with Crippen molar-refractivity contribution in [3.05, 3.63) is 58.1 Å². The molecule has 5 nitrogen and oxygen atoms in total. The fourth-order valence-corrected chi connectivity index (χ4v) is 2.15. The number of nitrogens with zero attached hydrogens (tertiary/aromatic N) is 1. The van der Waals surface area contributed by atoms with Gasteiger partial charge in [-0.15, -0.1) is 0 Å². The Kier molecular flexibility index (Phi) is 4.89. The number of hydrogen-bond donors (Lipinski definition) is 2. The van der Waals surface area contributed by atoms with E-state index in [1.165, 1.54) is 31.4 Å². The summed E-state index contributed by atoms with van der Waals surface area (Å²) in [6.45, 7) is 0. The number of carbonyl (C=O) groups is 1. The lowest BCUT2D eigenvalue weighted by molar-refractivity contribution is 0.103. The summed E-state index contributed by atoms with van der Waals surface area (Å²) in [7, 11) is 1.48. The summed E-state index contributed by atoms with van der Waals surface area (Å²) >= 11 is 5.76. The molecule has 0 amide bonds. The quantitative estimate of drug-likeness (QED) is 0.387. The van der Waals surface area contributed by atoms with Crippen molar-refractivity contribution >= 4 is 23.5 Å². The molecule has 0 aliphatic rings. The molecule has 2 rings (SSSR count). The van der Waals surface area contributed by atoms with Crippen molar-refractivity contribution in [1.29, 1.82) is 5.26 Å². The number of rotatable bonds is 4. The summed E-state index contributed by atoms with van der Waals surface area (Å²) in [6, 6.07) is 10.8. The lowest BCUT2D eigenvalue weighted by Crippen LogP contribution is -2.02. The van der Waals surface area contributed by atoms with Gasteiger partial charge < -0.3 is 14.9 Å². The Bertz CT molecular complexity index is 814. The molecule has 0 heterocycles. The molecule has 2 aromatic carbocycles. The van der Waals surface area contributed by atoms with Crippen LogP contribution in [0, 0.1) is 11.3 Å². The van der Waals surface area contributed by atoms with E-state index < -0.39 is 17.3 Å². The summed E-state index contributed by atoms with van der Waals surface area (Å²) in [6.07, 6.45) is 1.28. The van der Waals surface area contributed by atoms with Crippen LogP contribution in [0.3, 0.4) is 0 Å². The van der Waals surface area contributed by atoms with Crippen LogP contribution < -0.4 is 4.74 Å². The first-order valence-electron chi connectivity index (χ1n) is 6.48. The molecule has 0 aromatic heterocycles. The Morgan fingerprint density at radius 1 is 1.30 bits per heavy atom. The van der Waals surface area contributed by atoms with E-state index in [9.17, 15) is 20.3 Å². The number of phenols is 2. The number of allylic oxidation sites excluding steroid dienone is 1. The van der Waals surface area contributed by atoms with Gasteiger partial charge in [0.15, 0.2) is 11.5 Å². The van der Waals surface area contributed by atoms with Crippen molar-refractivity contribution in [2.75, 3.05) is 7.11 Å². The molecule has 0 aliphatic carbocycles. The average molecular weight is 330 g/mol. The van der Waals surface area contributed by atoms with Crippen molar-refractivity contribution < 1.29 is 19.7 Å². The summed E-state index contributed by atoms with van der Waals surface area (Å²) in [5, 5.41) is 28.1.